The van der Waals surface area contributed by atoms with Crippen LogP contribution in [0.4, 0.5) is 9.52 Å². The van der Waals surface area contributed by atoms with Crippen LogP contribution in [0.15, 0.2) is 79.5 Å². The second-order valence-electron chi connectivity index (χ2n) is 8.50. The summed E-state index contributed by atoms with van der Waals surface area (Å²) in [7, 11) is 1.37. The fourth-order valence-corrected chi connectivity index (χ4v) is 6.65. The molecule has 1 amide bonds. The summed E-state index contributed by atoms with van der Waals surface area (Å²) in [4.78, 5) is 28.0. The molecule has 1 saturated heterocycles. The van der Waals surface area contributed by atoms with Crippen LogP contribution in [0.2, 0.25) is 0 Å². The van der Waals surface area contributed by atoms with Gasteiger partial charge in [-0.3, -0.25) is 14.5 Å². The van der Waals surface area contributed by atoms with Gasteiger partial charge in [0.25, 0.3) is 5.78 Å². The zero-order valence-corrected chi connectivity index (χ0v) is 25.3. The van der Waals surface area contributed by atoms with Crippen LogP contribution >= 0.6 is 55.0 Å². The van der Waals surface area contributed by atoms with Crippen LogP contribution in [-0.4, -0.2) is 39.2 Å². The minimum absolute atomic E-state index is 0.103. The number of halogens is 3. The third-order valence-electron chi connectivity index (χ3n) is 6.03. The van der Waals surface area contributed by atoms with Gasteiger partial charge in [0.15, 0.2) is 15.8 Å². The Hall–Kier alpha value is -3.26. The van der Waals surface area contributed by atoms with Gasteiger partial charge in [-0.25, -0.2) is 4.39 Å². The first kappa shape index (κ1) is 28.3. The number of aromatic hydroxyl groups is 1. The number of hydrogen-bond acceptors (Lipinski definition) is 9. The summed E-state index contributed by atoms with van der Waals surface area (Å²) < 4.78 is 20.1. The lowest BCUT2D eigenvalue weighted by atomic mass is 9.95. The fourth-order valence-electron chi connectivity index (χ4n) is 4.10. The zero-order chi connectivity index (χ0) is 28.6. The molecule has 0 radical (unpaired) electrons. The Balaban J connectivity index is 1.59. The molecule has 1 atom stereocenters. The van der Waals surface area contributed by atoms with Crippen molar-refractivity contribution >= 4 is 77.5 Å². The molecule has 0 bridgehead atoms. The maximum absolute atomic E-state index is 13.4. The number of carbonyl (C=O) groups is 2. The van der Waals surface area contributed by atoms with Crippen molar-refractivity contribution in [2.45, 2.75) is 16.1 Å². The number of aromatic nitrogens is 2. The number of phenolic OH excluding ortho intramolecular Hbond substituents is 1. The van der Waals surface area contributed by atoms with Gasteiger partial charge in [0, 0.05) is 15.8 Å². The first-order valence-electron chi connectivity index (χ1n) is 11.5. The van der Waals surface area contributed by atoms with Crippen LogP contribution in [0.1, 0.15) is 22.7 Å². The maximum atomic E-state index is 13.4. The number of aliphatic hydroxyl groups is 1. The van der Waals surface area contributed by atoms with Gasteiger partial charge in [0.2, 0.25) is 5.13 Å². The van der Waals surface area contributed by atoms with Gasteiger partial charge >= 0.3 is 5.91 Å². The van der Waals surface area contributed by atoms with Gasteiger partial charge in [-0.05, 0) is 63.5 Å². The fraction of sp³-hybridized carbons (Fsp3) is 0.111. The molecule has 4 aromatic rings. The molecule has 5 rings (SSSR count). The number of anilines is 1. The molecule has 204 valence electrons. The van der Waals surface area contributed by atoms with Gasteiger partial charge in [-0.1, -0.05) is 63.3 Å². The van der Waals surface area contributed by atoms with Crippen molar-refractivity contribution in [3.05, 3.63) is 97.7 Å². The topological polar surface area (TPSA) is 113 Å². The van der Waals surface area contributed by atoms with Crippen molar-refractivity contribution in [3.63, 3.8) is 0 Å². The number of phenols is 1. The van der Waals surface area contributed by atoms with Crippen molar-refractivity contribution in [3.8, 4) is 11.5 Å². The van der Waals surface area contributed by atoms with E-state index >= 15 is 0 Å². The molecule has 40 heavy (non-hydrogen) atoms. The molecular formula is C27H18Br2FN3O5S2. The molecule has 0 saturated carbocycles. The van der Waals surface area contributed by atoms with E-state index in [4.69, 9.17) is 4.74 Å². The minimum Gasteiger partial charge on any atom is -0.507 e. The Morgan fingerprint density at radius 3 is 2.48 bits per heavy atom. The Kier molecular flexibility index (Phi) is 8.26. The first-order chi connectivity index (χ1) is 19.2. The Morgan fingerprint density at radius 1 is 1.10 bits per heavy atom. The summed E-state index contributed by atoms with van der Waals surface area (Å²) in [6, 6.07) is 14.7. The second kappa shape index (κ2) is 11.7. The Bertz CT molecular complexity index is 1650. The second-order valence-corrected chi connectivity index (χ2v) is 12.4. The lowest BCUT2D eigenvalue weighted by Gasteiger charge is -2.23. The largest absolute Gasteiger partial charge is 0.507 e. The van der Waals surface area contributed by atoms with Gasteiger partial charge in [-0.2, -0.15) is 0 Å². The number of ether oxygens (including phenoxy) is 1. The molecule has 8 nitrogen and oxygen atoms in total. The Morgan fingerprint density at radius 2 is 1.80 bits per heavy atom. The highest BCUT2D eigenvalue weighted by atomic mass is 79.9. The number of ketones is 1. The van der Waals surface area contributed by atoms with Crippen molar-refractivity contribution in [2.24, 2.45) is 0 Å². The van der Waals surface area contributed by atoms with Crippen LogP contribution in [0.25, 0.3) is 5.76 Å². The molecule has 0 aliphatic carbocycles. The van der Waals surface area contributed by atoms with E-state index in [0.717, 1.165) is 21.4 Å². The summed E-state index contributed by atoms with van der Waals surface area (Å²) in [6.07, 6.45) is 0. The first-order valence-corrected chi connectivity index (χ1v) is 14.9. The highest BCUT2D eigenvalue weighted by molar-refractivity contribution is 9.10. The monoisotopic (exact) mass is 705 g/mol. The normalized spacial score (nSPS) is 16.5. The average Bonchev–Trinajstić information content (AvgIpc) is 3.51. The molecule has 0 spiro atoms. The lowest BCUT2D eigenvalue weighted by Crippen LogP contribution is -2.29. The number of aliphatic hydroxyl groups excluding tert-OH is 1. The number of rotatable bonds is 7. The highest BCUT2D eigenvalue weighted by Crippen LogP contribution is 2.47. The number of Topliss-reactive ketones (excluding diaryl/α,β-unsaturated/α-hetero) is 1. The van der Waals surface area contributed by atoms with Crippen LogP contribution in [0, 0.1) is 5.82 Å². The minimum atomic E-state index is -1.10. The number of benzene rings is 3. The van der Waals surface area contributed by atoms with Crippen LogP contribution in [0.5, 0.6) is 11.5 Å². The predicted molar refractivity (Wildman–Crippen MR) is 157 cm³/mol. The average molecular weight is 707 g/mol. The summed E-state index contributed by atoms with van der Waals surface area (Å²) >= 11 is 9.10. The van der Waals surface area contributed by atoms with E-state index in [-0.39, 0.29) is 38.3 Å². The maximum Gasteiger partial charge on any atom is 0.301 e. The van der Waals surface area contributed by atoms with Crippen LogP contribution in [-0.2, 0) is 15.3 Å². The molecule has 2 N–H and O–H groups in total. The number of hydrogen-bond donors (Lipinski definition) is 2. The van der Waals surface area contributed by atoms with Gasteiger partial charge in [-0.15, -0.1) is 10.2 Å². The van der Waals surface area contributed by atoms with Crippen LogP contribution in [0.3, 0.4) is 0 Å². The third-order valence-corrected chi connectivity index (χ3v) is 9.29. The number of carbonyl (C=O) groups excluding carboxylic acids is 2. The van der Waals surface area contributed by atoms with Gasteiger partial charge in [0.1, 0.15) is 11.6 Å². The molecule has 1 aromatic heterocycles. The standard InChI is InChI=1S/C27H18Br2FN3O5S2/c1-38-19-11-15(10-18(29)23(19)35)21-20(22(34)14-4-6-16(28)7-5-14)24(36)25(37)33(21)26-31-32-27(40-26)39-12-13-2-8-17(30)9-3-13/h2-11,21,34-35H,12H2,1H3/b22-20-. The van der Waals surface area contributed by atoms with E-state index in [1.165, 1.54) is 42.0 Å². The predicted octanol–water partition coefficient (Wildman–Crippen LogP) is 6.84. The number of amides is 1. The third kappa shape index (κ3) is 5.51. The summed E-state index contributed by atoms with van der Waals surface area (Å²) in [5.41, 5.74) is 1.45. The molecule has 13 heteroatoms. The van der Waals surface area contributed by atoms with Gasteiger partial charge < -0.3 is 14.9 Å². The van der Waals surface area contributed by atoms with Crippen molar-refractivity contribution in [2.75, 3.05) is 12.0 Å². The molecule has 1 unspecified atom stereocenters. The van der Waals surface area contributed by atoms with Crippen molar-refractivity contribution in [1.82, 2.24) is 10.2 Å². The number of methoxy groups -OCH3 is 1. The van der Waals surface area contributed by atoms with E-state index in [0.29, 0.717) is 21.2 Å². The van der Waals surface area contributed by atoms with Gasteiger partial charge in [0.05, 0.1) is 23.2 Å². The van der Waals surface area contributed by atoms with Crippen molar-refractivity contribution in [1.29, 1.82) is 0 Å². The molecule has 1 aliphatic rings. The molecule has 1 aliphatic heterocycles. The van der Waals surface area contributed by atoms with E-state index < -0.39 is 17.7 Å². The number of thioether (sulfide) groups is 1. The lowest BCUT2D eigenvalue weighted by molar-refractivity contribution is -0.132. The van der Waals surface area contributed by atoms with E-state index in [1.54, 1.807) is 42.5 Å². The van der Waals surface area contributed by atoms with E-state index in [1.807, 2.05) is 0 Å². The summed E-state index contributed by atoms with van der Waals surface area (Å²) in [6.45, 7) is 0. The molecule has 3 aromatic carbocycles. The SMILES string of the molecule is COc1cc(C2/C(=C(/O)c3ccc(Br)cc3)C(=O)C(=O)N2c2nnc(SCc3ccc(F)cc3)s2)cc(Br)c1O. The van der Waals surface area contributed by atoms with Crippen LogP contribution < -0.4 is 9.64 Å². The zero-order valence-electron chi connectivity index (χ0n) is 20.5. The Labute approximate surface area is 252 Å². The summed E-state index contributed by atoms with van der Waals surface area (Å²) in [5.74, 6) is -2.05. The summed E-state index contributed by atoms with van der Waals surface area (Å²) in [5, 5.41) is 30.2. The van der Waals surface area contributed by atoms with E-state index in [9.17, 15) is 24.2 Å². The molecular weight excluding hydrogens is 689 g/mol. The van der Waals surface area contributed by atoms with E-state index in [2.05, 4.69) is 42.1 Å². The number of nitrogens with zero attached hydrogens (tertiary/aromatic N) is 3. The quantitative estimate of drug-likeness (QED) is 0.0707. The highest BCUT2D eigenvalue weighted by Gasteiger charge is 2.48. The molecule has 2 heterocycles. The molecule has 1 fully saturated rings. The van der Waals surface area contributed by atoms with Crippen molar-refractivity contribution < 1.29 is 28.9 Å². The smallest absolute Gasteiger partial charge is 0.301 e.